The van der Waals surface area contributed by atoms with Gasteiger partial charge in [0, 0.05) is 4.47 Å². The molecule has 0 saturated heterocycles. The number of hydrogen-bond donors (Lipinski definition) is 3. The molecule has 2 rings (SSSR count). The first-order valence-electron chi connectivity index (χ1n) is 7.65. The summed E-state index contributed by atoms with van der Waals surface area (Å²) in [7, 11) is 1.54. The van der Waals surface area contributed by atoms with Crippen molar-refractivity contribution < 1.29 is 14.3 Å². The van der Waals surface area contributed by atoms with Gasteiger partial charge in [-0.3, -0.25) is 4.79 Å². The molecule has 0 radical (unpaired) electrons. The lowest BCUT2D eigenvalue weighted by atomic mass is 10.0. The molecule has 0 heterocycles. The Morgan fingerprint density at radius 3 is 2.64 bits per heavy atom. The van der Waals surface area contributed by atoms with Gasteiger partial charge in [0.25, 0.3) is 0 Å². The van der Waals surface area contributed by atoms with E-state index in [4.69, 9.17) is 10.5 Å². The summed E-state index contributed by atoms with van der Waals surface area (Å²) in [6.45, 7) is 1.92. The first-order valence-corrected chi connectivity index (χ1v) is 8.44. The molecule has 0 aliphatic heterocycles. The van der Waals surface area contributed by atoms with Crippen LogP contribution in [-0.4, -0.2) is 19.0 Å². The third-order valence-electron chi connectivity index (χ3n) is 3.59. The summed E-state index contributed by atoms with van der Waals surface area (Å²) in [4.78, 5) is 23.8. The van der Waals surface area contributed by atoms with Crippen molar-refractivity contribution in [2.45, 2.75) is 19.4 Å². The molecule has 6 nitrogen and oxygen atoms in total. The number of carbonyl (C=O) groups excluding carboxylic acids is 2. The van der Waals surface area contributed by atoms with Crippen LogP contribution < -0.4 is 21.1 Å². The van der Waals surface area contributed by atoms with Gasteiger partial charge in [-0.2, -0.15) is 0 Å². The van der Waals surface area contributed by atoms with Gasteiger partial charge in [0.1, 0.15) is 5.75 Å². The van der Waals surface area contributed by atoms with Crippen LogP contribution in [0.15, 0.2) is 46.9 Å². The third kappa shape index (κ3) is 5.49. The lowest BCUT2D eigenvalue weighted by Gasteiger charge is -2.19. The first-order chi connectivity index (χ1) is 11.9. The monoisotopic (exact) mass is 405 g/mol. The van der Waals surface area contributed by atoms with E-state index in [-0.39, 0.29) is 12.3 Å². The number of urea groups is 1. The van der Waals surface area contributed by atoms with E-state index < -0.39 is 12.1 Å². The summed E-state index contributed by atoms with van der Waals surface area (Å²) in [6, 6.07) is 11.6. The Labute approximate surface area is 154 Å². The van der Waals surface area contributed by atoms with E-state index in [1.165, 1.54) is 0 Å². The fraction of sp³-hybridized carbons (Fsp3) is 0.222. The Bertz CT molecular complexity index is 780. The van der Waals surface area contributed by atoms with Crippen molar-refractivity contribution in [3.8, 4) is 5.75 Å². The number of nitrogens with one attached hydrogen (secondary N) is 2. The van der Waals surface area contributed by atoms with Gasteiger partial charge in [-0.1, -0.05) is 34.1 Å². The van der Waals surface area contributed by atoms with Gasteiger partial charge in [0.2, 0.25) is 5.91 Å². The van der Waals surface area contributed by atoms with Crippen molar-refractivity contribution >= 4 is 33.6 Å². The molecule has 4 N–H and O–H groups in total. The van der Waals surface area contributed by atoms with Crippen LogP contribution in [0, 0.1) is 6.92 Å². The molecule has 3 amide bonds. The van der Waals surface area contributed by atoms with E-state index >= 15 is 0 Å². The number of benzene rings is 2. The maximum atomic E-state index is 12.5. The Hall–Kier alpha value is -2.54. The molecule has 132 valence electrons. The molecule has 0 aromatic heterocycles. The lowest BCUT2D eigenvalue weighted by Crippen LogP contribution is -2.35. The number of carbonyl (C=O) groups is 2. The maximum absolute atomic E-state index is 12.5. The van der Waals surface area contributed by atoms with Gasteiger partial charge < -0.3 is 21.1 Å². The predicted molar refractivity (Wildman–Crippen MR) is 101 cm³/mol. The van der Waals surface area contributed by atoms with E-state index in [2.05, 4.69) is 26.6 Å². The second-order valence-electron chi connectivity index (χ2n) is 5.57. The third-order valence-corrected chi connectivity index (χ3v) is 4.08. The molecule has 2 aromatic carbocycles. The second kappa shape index (κ2) is 8.53. The smallest absolute Gasteiger partial charge is 0.312 e. The number of rotatable bonds is 6. The van der Waals surface area contributed by atoms with E-state index in [0.29, 0.717) is 11.4 Å². The van der Waals surface area contributed by atoms with Crippen LogP contribution >= 0.6 is 15.9 Å². The van der Waals surface area contributed by atoms with Gasteiger partial charge in [-0.05, 0) is 42.3 Å². The fourth-order valence-electron chi connectivity index (χ4n) is 2.45. The number of nitrogens with two attached hydrogens (primary N) is 1. The van der Waals surface area contributed by atoms with Crippen molar-refractivity contribution in [3.63, 3.8) is 0 Å². The molecule has 2 aromatic rings. The number of ether oxygens (including phenoxy) is 1. The molecule has 0 bridgehead atoms. The maximum Gasteiger partial charge on any atom is 0.312 e. The summed E-state index contributed by atoms with van der Waals surface area (Å²) in [5.74, 6) is 0.309. The number of hydrogen-bond acceptors (Lipinski definition) is 3. The number of anilines is 1. The van der Waals surface area contributed by atoms with Crippen molar-refractivity contribution in [1.29, 1.82) is 0 Å². The molecule has 0 spiro atoms. The summed E-state index contributed by atoms with van der Waals surface area (Å²) < 4.78 is 6.11. The van der Waals surface area contributed by atoms with Crippen molar-refractivity contribution in [3.05, 3.63) is 58.1 Å². The van der Waals surface area contributed by atoms with Crippen molar-refractivity contribution in [1.82, 2.24) is 5.32 Å². The highest BCUT2D eigenvalue weighted by Gasteiger charge is 2.19. The average molecular weight is 406 g/mol. The Balaban J connectivity index is 2.17. The highest BCUT2D eigenvalue weighted by Crippen LogP contribution is 2.27. The number of primary amides is 1. The van der Waals surface area contributed by atoms with E-state index in [1.807, 2.05) is 43.3 Å². The Kier molecular flexibility index (Phi) is 6.41. The molecule has 1 atom stereocenters. The van der Waals surface area contributed by atoms with E-state index in [0.717, 1.165) is 15.6 Å². The molecule has 0 unspecified atom stereocenters. The lowest BCUT2D eigenvalue weighted by molar-refractivity contribution is -0.116. The summed E-state index contributed by atoms with van der Waals surface area (Å²) >= 11 is 3.38. The van der Waals surface area contributed by atoms with Crippen LogP contribution in [0.25, 0.3) is 0 Å². The molecule has 7 heteroatoms. The van der Waals surface area contributed by atoms with Crippen molar-refractivity contribution in [2.24, 2.45) is 5.73 Å². The zero-order valence-corrected chi connectivity index (χ0v) is 15.6. The highest BCUT2D eigenvalue weighted by molar-refractivity contribution is 9.10. The molecule has 0 aliphatic carbocycles. The van der Waals surface area contributed by atoms with Crippen LogP contribution in [0.5, 0.6) is 5.75 Å². The standard InChI is InChI=1S/C18H20BrN3O3/c1-11-6-7-16(25-2)15(8-11)21-17(23)10-14(22-18(20)24)12-4-3-5-13(19)9-12/h3-9,14H,10H2,1-2H3,(H,21,23)(H3,20,22,24)/t14-/m0/s1. The largest absolute Gasteiger partial charge is 0.495 e. The van der Waals surface area contributed by atoms with Gasteiger partial charge >= 0.3 is 6.03 Å². The minimum Gasteiger partial charge on any atom is -0.495 e. The molecule has 25 heavy (non-hydrogen) atoms. The topological polar surface area (TPSA) is 93.4 Å². The zero-order chi connectivity index (χ0) is 18.4. The Morgan fingerprint density at radius 2 is 2.00 bits per heavy atom. The van der Waals surface area contributed by atoms with Crippen LogP contribution in [-0.2, 0) is 4.79 Å². The number of amides is 3. The molecule has 0 saturated carbocycles. The highest BCUT2D eigenvalue weighted by atomic mass is 79.9. The summed E-state index contributed by atoms with van der Waals surface area (Å²) in [5, 5.41) is 5.43. The quantitative estimate of drug-likeness (QED) is 0.686. The van der Waals surface area contributed by atoms with Crippen molar-refractivity contribution in [2.75, 3.05) is 12.4 Å². The van der Waals surface area contributed by atoms with Crippen LogP contribution in [0.4, 0.5) is 10.5 Å². The molecule has 0 aliphatic rings. The van der Waals surface area contributed by atoms with Crippen LogP contribution in [0.2, 0.25) is 0 Å². The SMILES string of the molecule is COc1ccc(C)cc1NC(=O)C[C@H](NC(N)=O)c1cccc(Br)c1. The van der Waals surface area contributed by atoms with Gasteiger partial charge in [-0.15, -0.1) is 0 Å². The van der Waals surface area contributed by atoms with E-state index in [9.17, 15) is 9.59 Å². The van der Waals surface area contributed by atoms with Crippen LogP contribution in [0.1, 0.15) is 23.6 Å². The van der Waals surface area contributed by atoms with Gasteiger partial charge in [0.15, 0.2) is 0 Å². The molecular formula is C18H20BrN3O3. The molecule has 0 fully saturated rings. The van der Waals surface area contributed by atoms with Gasteiger partial charge in [-0.25, -0.2) is 4.79 Å². The predicted octanol–water partition coefficient (Wildman–Crippen LogP) is 3.50. The van der Waals surface area contributed by atoms with Gasteiger partial charge in [0.05, 0.1) is 25.3 Å². The normalized spacial score (nSPS) is 11.5. The minimum atomic E-state index is -0.689. The molecular weight excluding hydrogens is 386 g/mol. The van der Waals surface area contributed by atoms with E-state index in [1.54, 1.807) is 13.2 Å². The average Bonchev–Trinajstić information content (AvgIpc) is 2.54. The summed E-state index contributed by atoms with van der Waals surface area (Å²) in [5.41, 5.74) is 7.60. The fourth-order valence-corrected chi connectivity index (χ4v) is 2.87. The number of aryl methyl sites for hydroxylation is 1. The number of methoxy groups -OCH3 is 1. The second-order valence-corrected chi connectivity index (χ2v) is 6.49. The summed E-state index contributed by atoms with van der Waals surface area (Å²) in [6.07, 6.45) is 0.0382. The number of halogens is 1. The Morgan fingerprint density at radius 1 is 1.24 bits per heavy atom. The minimum absolute atomic E-state index is 0.0382. The van der Waals surface area contributed by atoms with Crippen LogP contribution in [0.3, 0.4) is 0 Å². The zero-order valence-electron chi connectivity index (χ0n) is 14.0. The first kappa shape index (κ1) is 18.8.